The molecule has 0 unspecified atom stereocenters. The van der Waals surface area contributed by atoms with Crippen LogP contribution in [0.3, 0.4) is 0 Å². The predicted octanol–water partition coefficient (Wildman–Crippen LogP) is 3.61. The Morgan fingerprint density at radius 2 is 2.00 bits per heavy atom. The molecule has 3 rings (SSSR count). The fourth-order valence-corrected chi connectivity index (χ4v) is 5.09. The Balaban J connectivity index is 2.00. The number of fused-ring (bicyclic) bond motifs is 1. The summed E-state index contributed by atoms with van der Waals surface area (Å²) in [6.45, 7) is 0. The van der Waals surface area contributed by atoms with E-state index in [1.54, 1.807) is 30.3 Å². The van der Waals surface area contributed by atoms with Gasteiger partial charge in [-0.1, -0.05) is 28.1 Å². The molecule has 0 bridgehead atoms. The topological polar surface area (TPSA) is 73.0 Å². The van der Waals surface area contributed by atoms with E-state index in [9.17, 15) is 8.42 Å². The molecule has 0 aliphatic rings. The molecular weight excluding hydrogens is 372 g/mol. The fraction of sp³-hybridized carbons (Fsp3) is 0.0714. The first-order chi connectivity index (χ1) is 9.94. The van der Waals surface area contributed by atoms with Gasteiger partial charge in [-0.05, 0) is 35.9 Å². The molecule has 4 nitrogen and oxygen atoms in total. The molecule has 3 aromatic rings. The number of rotatable bonds is 3. The highest BCUT2D eigenvalue weighted by Crippen LogP contribution is 2.29. The largest absolute Gasteiger partial charge is 0.399 e. The molecule has 108 valence electrons. The molecule has 21 heavy (non-hydrogen) atoms. The van der Waals surface area contributed by atoms with E-state index in [2.05, 4.69) is 20.9 Å². The molecule has 0 fully saturated rings. The third-order valence-electron chi connectivity index (χ3n) is 2.90. The maximum absolute atomic E-state index is 12.5. The normalized spacial score (nSPS) is 11.9. The maximum atomic E-state index is 12.5. The summed E-state index contributed by atoms with van der Waals surface area (Å²) in [6.07, 6.45) is 0. The number of benzene rings is 2. The van der Waals surface area contributed by atoms with Crippen molar-refractivity contribution in [2.45, 2.75) is 10.1 Å². The molecule has 7 heteroatoms. The zero-order chi connectivity index (χ0) is 15.0. The highest BCUT2D eigenvalue weighted by molar-refractivity contribution is 9.10. The number of anilines is 1. The van der Waals surface area contributed by atoms with Gasteiger partial charge in [-0.25, -0.2) is 13.4 Å². The molecule has 0 aliphatic heterocycles. The monoisotopic (exact) mass is 382 g/mol. The Bertz CT molecular complexity index is 920. The minimum atomic E-state index is -3.46. The average molecular weight is 383 g/mol. The Morgan fingerprint density at radius 1 is 1.19 bits per heavy atom. The number of aromatic nitrogens is 1. The molecule has 0 spiro atoms. The van der Waals surface area contributed by atoms with E-state index in [-0.39, 0.29) is 10.1 Å². The third kappa shape index (κ3) is 3.09. The van der Waals surface area contributed by atoms with Crippen molar-refractivity contribution in [1.82, 2.24) is 4.98 Å². The second-order valence-corrected chi connectivity index (χ2v) is 8.71. The minimum absolute atomic E-state index is 0.0677. The van der Waals surface area contributed by atoms with Crippen LogP contribution in [0.5, 0.6) is 0 Å². The smallest absolute Gasteiger partial charge is 0.210 e. The van der Waals surface area contributed by atoms with Crippen LogP contribution in [-0.4, -0.2) is 13.4 Å². The molecule has 2 N–H and O–H groups in total. The van der Waals surface area contributed by atoms with Gasteiger partial charge in [0.15, 0.2) is 0 Å². The van der Waals surface area contributed by atoms with Gasteiger partial charge in [-0.2, -0.15) is 0 Å². The van der Waals surface area contributed by atoms with Crippen LogP contribution in [-0.2, 0) is 15.6 Å². The van der Waals surface area contributed by atoms with Crippen molar-refractivity contribution < 1.29 is 8.42 Å². The lowest BCUT2D eigenvalue weighted by molar-refractivity contribution is 0.594. The van der Waals surface area contributed by atoms with Crippen molar-refractivity contribution in [3.05, 3.63) is 52.5 Å². The fourth-order valence-electron chi connectivity index (χ4n) is 1.96. The van der Waals surface area contributed by atoms with Gasteiger partial charge in [0, 0.05) is 10.2 Å². The van der Waals surface area contributed by atoms with Crippen LogP contribution in [0.25, 0.3) is 10.2 Å². The quantitative estimate of drug-likeness (QED) is 0.702. The van der Waals surface area contributed by atoms with Gasteiger partial charge in [-0.3, -0.25) is 0 Å². The van der Waals surface area contributed by atoms with Gasteiger partial charge in [0.05, 0.1) is 16.0 Å². The first kappa shape index (κ1) is 14.5. The van der Waals surface area contributed by atoms with Gasteiger partial charge < -0.3 is 5.73 Å². The van der Waals surface area contributed by atoms with Crippen LogP contribution >= 0.6 is 27.3 Å². The maximum Gasteiger partial charge on any atom is 0.210 e. The van der Waals surface area contributed by atoms with E-state index in [0.29, 0.717) is 11.2 Å². The summed E-state index contributed by atoms with van der Waals surface area (Å²) in [5.41, 5.74) is 7.69. The highest BCUT2D eigenvalue weighted by atomic mass is 79.9. The molecule has 0 atom stereocenters. The standard InChI is InChI=1S/C14H11BrN2O2S2/c15-10-3-1-2-9(6-10)8-21(18,19)14-17-12-5-4-11(16)7-13(12)20-14/h1-7H,8,16H2. The summed E-state index contributed by atoms with van der Waals surface area (Å²) in [5, 5.41) is 0. The van der Waals surface area contributed by atoms with Gasteiger partial charge in [0.1, 0.15) is 0 Å². The van der Waals surface area contributed by atoms with Gasteiger partial charge >= 0.3 is 0 Å². The van der Waals surface area contributed by atoms with Crippen molar-refractivity contribution >= 4 is 53.0 Å². The summed E-state index contributed by atoms with van der Waals surface area (Å²) in [7, 11) is -3.46. The molecule has 1 heterocycles. The summed E-state index contributed by atoms with van der Waals surface area (Å²) < 4.78 is 26.7. The molecule has 0 aliphatic carbocycles. The van der Waals surface area contributed by atoms with Crippen molar-refractivity contribution in [3.8, 4) is 0 Å². The van der Waals surface area contributed by atoms with Gasteiger partial charge in [0.2, 0.25) is 14.2 Å². The van der Waals surface area contributed by atoms with Crippen LogP contribution in [0.1, 0.15) is 5.56 Å². The predicted molar refractivity (Wildman–Crippen MR) is 89.1 cm³/mol. The Labute approximate surface area is 134 Å². The molecule has 0 radical (unpaired) electrons. The van der Waals surface area contributed by atoms with Crippen LogP contribution in [0.4, 0.5) is 5.69 Å². The minimum Gasteiger partial charge on any atom is -0.399 e. The van der Waals surface area contributed by atoms with Crippen LogP contribution < -0.4 is 5.73 Å². The van der Waals surface area contributed by atoms with E-state index in [1.807, 2.05) is 12.1 Å². The number of nitrogens with zero attached hydrogens (tertiary/aromatic N) is 1. The van der Waals surface area contributed by atoms with Crippen LogP contribution in [0, 0.1) is 0 Å². The van der Waals surface area contributed by atoms with E-state index in [4.69, 9.17) is 5.73 Å². The second kappa shape index (κ2) is 5.40. The summed E-state index contributed by atoms with van der Waals surface area (Å²) >= 11 is 4.49. The van der Waals surface area contributed by atoms with E-state index in [1.165, 1.54) is 0 Å². The molecular formula is C14H11BrN2O2S2. The summed E-state index contributed by atoms with van der Waals surface area (Å²) in [5.74, 6) is -0.0677. The molecule has 0 amide bonds. The summed E-state index contributed by atoms with van der Waals surface area (Å²) in [6, 6.07) is 12.4. The lowest BCUT2D eigenvalue weighted by atomic mass is 10.2. The first-order valence-corrected chi connectivity index (χ1v) is 9.33. The van der Waals surface area contributed by atoms with Crippen LogP contribution in [0.15, 0.2) is 51.3 Å². The zero-order valence-corrected chi connectivity index (χ0v) is 14.0. The van der Waals surface area contributed by atoms with E-state index in [0.717, 1.165) is 26.1 Å². The molecule has 1 aromatic heterocycles. The van der Waals surface area contributed by atoms with Crippen molar-refractivity contribution in [2.75, 3.05) is 5.73 Å². The zero-order valence-electron chi connectivity index (χ0n) is 10.8. The molecule has 0 saturated carbocycles. The number of hydrogen-bond acceptors (Lipinski definition) is 5. The SMILES string of the molecule is Nc1ccc2nc(S(=O)(=O)Cc3cccc(Br)c3)sc2c1. The average Bonchev–Trinajstić information content (AvgIpc) is 2.82. The van der Waals surface area contributed by atoms with Crippen LogP contribution in [0.2, 0.25) is 0 Å². The lowest BCUT2D eigenvalue weighted by Crippen LogP contribution is -2.04. The third-order valence-corrected chi connectivity index (χ3v) is 6.56. The number of nitrogen functional groups attached to an aromatic ring is 1. The lowest BCUT2D eigenvalue weighted by Gasteiger charge is -2.01. The number of thiazole rings is 1. The Hall–Kier alpha value is -1.44. The molecule has 2 aromatic carbocycles. The van der Waals surface area contributed by atoms with E-state index >= 15 is 0 Å². The number of hydrogen-bond donors (Lipinski definition) is 1. The number of nitrogens with two attached hydrogens (primary N) is 1. The molecule has 0 saturated heterocycles. The first-order valence-electron chi connectivity index (χ1n) is 6.07. The highest BCUT2D eigenvalue weighted by Gasteiger charge is 2.20. The van der Waals surface area contributed by atoms with E-state index < -0.39 is 9.84 Å². The van der Waals surface area contributed by atoms with Crippen molar-refractivity contribution in [2.24, 2.45) is 0 Å². The van der Waals surface area contributed by atoms with Crippen molar-refractivity contribution in [1.29, 1.82) is 0 Å². The number of sulfone groups is 1. The van der Waals surface area contributed by atoms with Gasteiger partial charge in [-0.15, -0.1) is 11.3 Å². The van der Waals surface area contributed by atoms with Crippen molar-refractivity contribution in [3.63, 3.8) is 0 Å². The Kier molecular flexibility index (Phi) is 3.73. The summed E-state index contributed by atoms with van der Waals surface area (Å²) in [4.78, 5) is 4.21. The van der Waals surface area contributed by atoms with Gasteiger partial charge in [0.25, 0.3) is 0 Å². The number of halogens is 1. The second-order valence-electron chi connectivity index (χ2n) is 4.60. The Morgan fingerprint density at radius 3 is 2.76 bits per heavy atom.